The molecule has 2 rings (SSSR count). The van der Waals surface area contributed by atoms with E-state index in [1.54, 1.807) is 0 Å². The standard InChI is InChI=1S/C10H10N2O6S/c13-9(7-1-2-8(18-7)12(16)17)11-3-4-19-5-6(11)10(14)15/h1-2,6H,3-5H2,(H,14,15). The molecule has 1 aromatic rings. The van der Waals surface area contributed by atoms with E-state index in [-0.39, 0.29) is 12.3 Å². The molecule has 102 valence electrons. The molecule has 0 radical (unpaired) electrons. The maximum absolute atomic E-state index is 12.1. The third-order valence-corrected chi connectivity index (χ3v) is 3.68. The summed E-state index contributed by atoms with van der Waals surface area (Å²) in [7, 11) is 0. The van der Waals surface area contributed by atoms with Crippen LogP contribution in [0.4, 0.5) is 5.88 Å². The zero-order valence-corrected chi connectivity index (χ0v) is 10.5. The van der Waals surface area contributed by atoms with Crippen LogP contribution in [-0.4, -0.2) is 50.9 Å². The number of aliphatic carboxylic acids is 1. The summed E-state index contributed by atoms with van der Waals surface area (Å²) in [5.74, 6) is -1.57. The number of carbonyl (C=O) groups is 2. The van der Waals surface area contributed by atoms with Crippen molar-refractivity contribution in [3.63, 3.8) is 0 Å². The number of nitro groups is 1. The Morgan fingerprint density at radius 3 is 2.84 bits per heavy atom. The van der Waals surface area contributed by atoms with Gasteiger partial charge in [0.15, 0.2) is 5.76 Å². The van der Waals surface area contributed by atoms with Gasteiger partial charge in [-0.25, -0.2) is 4.79 Å². The lowest BCUT2D eigenvalue weighted by molar-refractivity contribution is -0.402. The molecule has 1 aromatic heterocycles. The molecule has 0 aromatic carbocycles. The van der Waals surface area contributed by atoms with Crippen LogP contribution in [0.25, 0.3) is 0 Å². The maximum atomic E-state index is 12.1. The monoisotopic (exact) mass is 286 g/mol. The Kier molecular flexibility index (Phi) is 3.74. The molecule has 0 aliphatic carbocycles. The molecule has 1 amide bonds. The second-order valence-electron chi connectivity index (χ2n) is 3.82. The second kappa shape index (κ2) is 5.31. The summed E-state index contributed by atoms with van der Waals surface area (Å²) in [6.07, 6.45) is 0. The number of hydrogen-bond acceptors (Lipinski definition) is 6. The van der Waals surface area contributed by atoms with Crippen molar-refractivity contribution in [3.8, 4) is 0 Å². The molecular formula is C10H10N2O6S. The first-order valence-corrected chi connectivity index (χ1v) is 6.52. The van der Waals surface area contributed by atoms with Crippen molar-refractivity contribution in [1.29, 1.82) is 0 Å². The van der Waals surface area contributed by atoms with Crippen LogP contribution in [0.2, 0.25) is 0 Å². The molecule has 1 unspecified atom stereocenters. The molecule has 8 nitrogen and oxygen atoms in total. The fourth-order valence-electron chi connectivity index (χ4n) is 1.73. The lowest BCUT2D eigenvalue weighted by Gasteiger charge is -2.31. The average Bonchev–Trinajstić information content (AvgIpc) is 2.87. The number of carboxylic acids is 1. The highest BCUT2D eigenvalue weighted by Crippen LogP contribution is 2.22. The predicted octanol–water partition coefficient (Wildman–Crippen LogP) is 0.830. The Morgan fingerprint density at radius 2 is 2.26 bits per heavy atom. The predicted molar refractivity (Wildman–Crippen MR) is 65.1 cm³/mol. The highest BCUT2D eigenvalue weighted by atomic mass is 32.2. The fraction of sp³-hybridized carbons (Fsp3) is 0.400. The van der Waals surface area contributed by atoms with E-state index in [2.05, 4.69) is 0 Å². The molecule has 1 atom stereocenters. The van der Waals surface area contributed by atoms with Crippen LogP contribution in [0.3, 0.4) is 0 Å². The lowest BCUT2D eigenvalue weighted by Crippen LogP contribution is -2.50. The molecule has 9 heteroatoms. The quantitative estimate of drug-likeness (QED) is 0.646. The SMILES string of the molecule is O=C(O)C1CSCCN1C(=O)c1ccc([N+](=O)[O-])o1. The molecule has 1 N–H and O–H groups in total. The maximum Gasteiger partial charge on any atom is 0.433 e. The van der Waals surface area contributed by atoms with E-state index in [0.29, 0.717) is 11.5 Å². The third-order valence-electron chi connectivity index (χ3n) is 2.66. The summed E-state index contributed by atoms with van der Waals surface area (Å²) < 4.78 is 4.80. The highest BCUT2D eigenvalue weighted by molar-refractivity contribution is 7.99. The molecule has 1 aliphatic rings. The van der Waals surface area contributed by atoms with Gasteiger partial charge in [-0.2, -0.15) is 11.8 Å². The van der Waals surface area contributed by atoms with Crippen LogP contribution < -0.4 is 0 Å². The van der Waals surface area contributed by atoms with Gasteiger partial charge in [-0.15, -0.1) is 0 Å². The summed E-state index contributed by atoms with van der Waals surface area (Å²) >= 11 is 1.44. The van der Waals surface area contributed by atoms with Gasteiger partial charge in [0.2, 0.25) is 0 Å². The molecule has 1 fully saturated rings. The van der Waals surface area contributed by atoms with Crippen LogP contribution in [0.15, 0.2) is 16.5 Å². The van der Waals surface area contributed by atoms with Crippen LogP contribution in [0.5, 0.6) is 0 Å². The van der Waals surface area contributed by atoms with Crippen LogP contribution >= 0.6 is 11.8 Å². The lowest BCUT2D eigenvalue weighted by atomic mass is 10.2. The van der Waals surface area contributed by atoms with Crippen LogP contribution in [0, 0.1) is 10.1 Å². The van der Waals surface area contributed by atoms with E-state index in [0.717, 1.165) is 6.07 Å². The van der Waals surface area contributed by atoms with E-state index in [9.17, 15) is 19.7 Å². The number of nitrogens with zero attached hydrogens (tertiary/aromatic N) is 2. The Bertz CT molecular complexity index is 528. The van der Waals surface area contributed by atoms with E-state index in [1.165, 1.54) is 22.7 Å². The molecule has 0 spiro atoms. The summed E-state index contributed by atoms with van der Waals surface area (Å²) in [5.41, 5.74) is 0. The van der Waals surface area contributed by atoms with E-state index in [4.69, 9.17) is 9.52 Å². The minimum Gasteiger partial charge on any atom is -0.480 e. The number of hydrogen-bond donors (Lipinski definition) is 1. The number of furan rings is 1. The zero-order chi connectivity index (χ0) is 14.0. The summed E-state index contributed by atoms with van der Waals surface area (Å²) in [4.78, 5) is 34.0. The van der Waals surface area contributed by atoms with Crippen molar-refractivity contribution in [1.82, 2.24) is 4.90 Å². The Balaban J connectivity index is 2.21. The van der Waals surface area contributed by atoms with Gasteiger partial charge < -0.3 is 14.4 Å². The number of carbonyl (C=O) groups excluding carboxylic acids is 1. The third kappa shape index (κ3) is 2.70. The number of thioether (sulfide) groups is 1. The first-order valence-electron chi connectivity index (χ1n) is 5.36. The first kappa shape index (κ1) is 13.4. The van der Waals surface area contributed by atoms with Gasteiger partial charge in [-0.05, 0) is 6.07 Å². The average molecular weight is 286 g/mol. The van der Waals surface area contributed by atoms with Crippen molar-refractivity contribution in [3.05, 3.63) is 28.0 Å². The normalized spacial score (nSPS) is 19.2. The first-order chi connectivity index (χ1) is 9.00. The van der Waals surface area contributed by atoms with E-state index >= 15 is 0 Å². The minimum atomic E-state index is -1.10. The Hall–Kier alpha value is -2.03. The molecule has 1 aliphatic heterocycles. The van der Waals surface area contributed by atoms with Gasteiger partial charge in [0.25, 0.3) is 5.91 Å². The van der Waals surface area contributed by atoms with Crippen molar-refractivity contribution < 1.29 is 24.0 Å². The van der Waals surface area contributed by atoms with E-state index < -0.39 is 28.7 Å². The van der Waals surface area contributed by atoms with Gasteiger partial charge in [0.1, 0.15) is 11.0 Å². The van der Waals surface area contributed by atoms with Crippen molar-refractivity contribution >= 4 is 29.5 Å². The largest absolute Gasteiger partial charge is 0.480 e. The zero-order valence-electron chi connectivity index (χ0n) is 9.64. The highest BCUT2D eigenvalue weighted by Gasteiger charge is 2.34. The second-order valence-corrected chi connectivity index (χ2v) is 4.97. The Morgan fingerprint density at radius 1 is 1.53 bits per heavy atom. The van der Waals surface area contributed by atoms with Crippen LogP contribution in [0.1, 0.15) is 10.6 Å². The molecule has 0 saturated carbocycles. The Labute approximate surface area is 111 Å². The summed E-state index contributed by atoms with van der Waals surface area (Å²) in [6.45, 7) is 0.273. The molecular weight excluding hydrogens is 276 g/mol. The van der Waals surface area contributed by atoms with Gasteiger partial charge in [-0.1, -0.05) is 0 Å². The smallest absolute Gasteiger partial charge is 0.433 e. The van der Waals surface area contributed by atoms with Gasteiger partial charge in [0.05, 0.1) is 6.07 Å². The van der Waals surface area contributed by atoms with E-state index in [1.807, 2.05) is 0 Å². The minimum absolute atomic E-state index is 0.218. The van der Waals surface area contributed by atoms with Crippen LogP contribution in [-0.2, 0) is 4.79 Å². The number of rotatable bonds is 3. The molecule has 19 heavy (non-hydrogen) atoms. The summed E-state index contributed by atoms with van der Waals surface area (Å²) in [6, 6.07) is 1.32. The summed E-state index contributed by atoms with van der Waals surface area (Å²) in [5, 5.41) is 19.5. The molecule has 0 bridgehead atoms. The van der Waals surface area contributed by atoms with Gasteiger partial charge in [-0.3, -0.25) is 14.9 Å². The number of carboxylic acid groups (broad SMARTS) is 1. The molecule has 1 saturated heterocycles. The fourth-order valence-corrected chi connectivity index (χ4v) is 2.77. The van der Waals surface area contributed by atoms with Gasteiger partial charge in [0, 0.05) is 18.1 Å². The van der Waals surface area contributed by atoms with Gasteiger partial charge >= 0.3 is 11.9 Å². The van der Waals surface area contributed by atoms with Crippen molar-refractivity contribution in [2.45, 2.75) is 6.04 Å². The number of amides is 1. The van der Waals surface area contributed by atoms with Crippen molar-refractivity contribution in [2.24, 2.45) is 0 Å². The topological polar surface area (TPSA) is 114 Å². The van der Waals surface area contributed by atoms with Crippen molar-refractivity contribution in [2.75, 3.05) is 18.1 Å². The molecule has 2 heterocycles.